The number of carbonyl (C=O) groups is 4. The van der Waals surface area contributed by atoms with Gasteiger partial charge in [0.05, 0.1) is 6.42 Å². The van der Waals surface area contributed by atoms with Gasteiger partial charge in [-0.1, -0.05) is 78.9 Å². The Kier molecular flexibility index (Phi) is 9.62. The molecule has 0 bridgehead atoms. The maximum Gasteiger partial charge on any atom is 0.407 e. The van der Waals surface area contributed by atoms with Crippen LogP contribution in [-0.4, -0.2) is 60.7 Å². The number of ether oxygens (including phenoxy) is 3. The normalized spacial score (nSPS) is 12.9. The molecule has 1 aliphatic rings. The van der Waals surface area contributed by atoms with E-state index < -0.39 is 42.0 Å². The highest BCUT2D eigenvalue weighted by Crippen LogP contribution is 2.44. The number of rotatable bonds is 10. The standard InChI is InChI=1S/C33H36N2O7/c1-33(2,3)42-29(36)18-28(31(38)35(4)19-30(37)40-20-22-12-6-5-7-13-22)34-32(39)41-21-27-25-16-10-8-14-23(25)24-15-9-11-17-26(24)27/h5-17,27-28H,18-21H2,1-4H3,(H,34,39)/t28-/m0/s1. The van der Waals surface area contributed by atoms with Gasteiger partial charge in [0.15, 0.2) is 0 Å². The highest BCUT2D eigenvalue weighted by molar-refractivity contribution is 5.91. The Morgan fingerprint density at radius 3 is 1.98 bits per heavy atom. The van der Waals surface area contributed by atoms with Crippen molar-refractivity contribution in [3.05, 3.63) is 95.6 Å². The molecule has 1 aliphatic carbocycles. The predicted octanol–water partition coefficient (Wildman–Crippen LogP) is 4.83. The second-order valence-electron chi connectivity index (χ2n) is 11.2. The van der Waals surface area contributed by atoms with Gasteiger partial charge in [-0.05, 0) is 48.6 Å². The van der Waals surface area contributed by atoms with E-state index in [-0.39, 0.29) is 25.7 Å². The Labute approximate surface area is 245 Å². The zero-order valence-corrected chi connectivity index (χ0v) is 24.3. The zero-order valence-electron chi connectivity index (χ0n) is 24.3. The Balaban J connectivity index is 1.40. The molecule has 2 amide bonds. The van der Waals surface area contributed by atoms with E-state index in [1.807, 2.05) is 78.9 Å². The van der Waals surface area contributed by atoms with Crippen LogP contribution in [0.4, 0.5) is 4.79 Å². The molecule has 0 aliphatic heterocycles. The van der Waals surface area contributed by atoms with Gasteiger partial charge < -0.3 is 24.4 Å². The molecule has 1 N–H and O–H groups in total. The lowest BCUT2D eigenvalue weighted by atomic mass is 9.98. The van der Waals surface area contributed by atoms with Crippen molar-refractivity contribution < 1.29 is 33.4 Å². The van der Waals surface area contributed by atoms with Crippen molar-refractivity contribution in [1.29, 1.82) is 0 Å². The van der Waals surface area contributed by atoms with Crippen LogP contribution in [0.1, 0.15) is 49.8 Å². The van der Waals surface area contributed by atoms with Crippen LogP contribution in [0.3, 0.4) is 0 Å². The lowest BCUT2D eigenvalue weighted by Crippen LogP contribution is -2.50. The molecule has 4 rings (SSSR count). The second kappa shape index (κ2) is 13.3. The number of likely N-dealkylation sites (N-methyl/N-ethyl adjacent to an activating group) is 1. The zero-order chi connectivity index (χ0) is 30.3. The van der Waals surface area contributed by atoms with Crippen LogP contribution in [0.25, 0.3) is 11.1 Å². The summed E-state index contributed by atoms with van der Waals surface area (Å²) in [6, 6.07) is 23.7. The van der Waals surface area contributed by atoms with Gasteiger partial charge in [0.1, 0.15) is 31.4 Å². The lowest BCUT2D eigenvalue weighted by Gasteiger charge is -2.25. The van der Waals surface area contributed by atoms with Crippen molar-refractivity contribution in [1.82, 2.24) is 10.2 Å². The minimum absolute atomic E-state index is 0.0366. The molecule has 220 valence electrons. The maximum atomic E-state index is 13.3. The molecule has 0 unspecified atom stereocenters. The Morgan fingerprint density at radius 2 is 1.38 bits per heavy atom. The SMILES string of the molecule is CN(CC(=O)OCc1ccccc1)C(=O)[C@H](CC(=O)OC(C)(C)C)NC(=O)OCC1c2ccccc2-c2ccccc21. The quantitative estimate of drug-likeness (QED) is 0.274. The van der Waals surface area contributed by atoms with Crippen molar-refractivity contribution in [2.75, 3.05) is 20.2 Å². The number of benzene rings is 3. The summed E-state index contributed by atoms with van der Waals surface area (Å²) in [6.07, 6.45) is -1.30. The average Bonchev–Trinajstić information content (AvgIpc) is 3.27. The number of nitrogens with zero attached hydrogens (tertiary/aromatic N) is 1. The molecule has 0 spiro atoms. The molecular weight excluding hydrogens is 536 g/mol. The molecule has 1 atom stereocenters. The Hall–Kier alpha value is -4.66. The van der Waals surface area contributed by atoms with Crippen LogP contribution in [0.15, 0.2) is 78.9 Å². The van der Waals surface area contributed by atoms with E-state index in [1.54, 1.807) is 20.8 Å². The van der Waals surface area contributed by atoms with E-state index in [1.165, 1.54) is 7.05 Å². The molecule has 0 heterocycles. The van der Waals surface area contributed by atoms with E-state index in [0.717, 1.165) is 32.7 Å². The van der Waals surface area contributed by atoms with Gasteiger partial charge in [-0.25, -0.2) is 4.79 Å². The molecule has 42 heavy (non-hydrogen) atoms. The summed E-state index contributed by atoms with van der Waals surface area (Å²) in [5.41, 5.74) is 4.27. The number of hydrogen-bond donors (Lipinski definition) is 1. The second-order valence-corrected chi connectivity index (χ2v) is 11.2. The maximum absolute atomic E-state index is 13.3. The van der Waals surface area contributed by atoms with E-state index in [2.05, 4.69) is 5.32 Å². The lowest BCUT2D eigenvalue weighted by molar-refractivity contribution is -0.157. The smallest absolute Gasteiger partial charge is 0.407 e. The fraction of sp³-hybridized carbons (Fsp3) is 0.333. The van der Waals surface area contributed by atoms with Crippen molar-refractivity contribution in [2.45, 2.75) is 51.4 Å². The first kappa shape index (κ1) is 30.3. The summed E-state index contributed by atoms with van der Waals surface area (Å²) in [6.45, 7) is 4.83. The molecule has 3 aromatic rings. The summed E-state index contributed by atoms with van der Waals surface area (Å²) in [5.74, 6) is -2.15. The minimum atomic E-state index is -1.32. The van der Waals surface area contributed by atoms with E-state index in [9.17, 15) is 19.2 Å². The van der Waals surface area contributed by atoms with Gasteiger partial charge in [-0.2, -0.15) is 0 Å². The first-order chi connectivity index (χ1) is 20.0. The monoisotopic (exact) mass is 572 g/mol. The van der Waals surface area contributed by atoms with Crippen LogP contribution < -0.4 is 5.32 Å². The number of hydrogen-bond acceptors (Lipinski definition) is 7. The molecule has 0 saturated heterocycles. The molecule has 0 saturated carbocycles. The van der Waals surface area contributed by atoms with Crippen molar-refractivity contribution in [3.8, 4) is 11.1 Å². The number of alkyl carbamates (subject to hydrolysis) is 1. The van der Waals surface area contributed by atoms with Crippen molar-refractivity contribution in [3.63, 3.8) is 0 Å². The number of nitrogens with one attached hydrogen (secondary N) is 1. The van der Waals surface area contributed by atoms with Crippen LogP contribution in [0.5, 0.6) is 0 Å². The third-order valence-corrected chi connectivity index (χ3v) is 6.71. The average molecular weight is 573 g/mol. The molecular formula is C33H36N2O7. The van der Waals surface area contributed by atoms with Gasteiger partial charge in [0, 0.05) is 13.0 Å². The molecule has 0 aromatic heterocycles. The molecule has 3 aromatic carbocycles. The summed E-state index contributed by atoms with van der Waals surface area (Å²) in [7, 11) is 1.40. The first-order valence-corrected chi connectivity index (χ1v) is 13.8. The fourth-order valence-electron chi connectivity index (χ4n) is 4.85. The topological polar surface area (TPSA) is 111 Å². The third-order valence-electron chi connectivity index (χ3n) is 6.71. The molecule has 9 heteroatoms. The highest BCUT2D eigenvalue weighted by atomic mass is 16.6. The van der Waals surface area contributed by atoms with Gasteiger partial charge >= 0.3 is 18.0 Å². The van der Waals surface area contributed by atoms with E-state index in [0.29, 0.717) is 0 Å². The highest BCUT2D eigenvalue weighted by Gasteiger charge is 2.32. The molecule has 9 nitrogen and oxygen atoms in total. The van der Waals surface area contributed by atoms with E-state index in [4.69, 9.17) is 14.2 Å². The summed E-state index contributed by atoms with van der Waals surface area (Å²) >= 11 is 0. The Bertz CT molecular complexity index is 1390. The van der Waals surface area contributed by atoms with Gasteiger partial charge in [-0.3, -0.25) is 14.4 Å². The summed E-state index contributed by atoms with van der Waals surface area (Å²) in [5, 5.41) is 2.51. The number of esters is 2. The third kappa shape index (κ3) is 7.96. The summed E-state index contributed by atoms with van der Waals surface area (Å²) < 4.78 is 16.2. The van der Waals surface area contributed by atoms with Crippen LogP contribution in [0, 0.1) is 0 Å². The van der Waals surface area contributed by atoms with Crippen molar-refractivity contribution in [2.24, 2.45) is 0 Å². The summed E-state index contributed by atoms with van der Waals surface area (Å²) in [4.78, 5) is 52.4. The van der Waals surface area contributed by atoms with Gasteiger partial charge in [0.2, 0.25) is 5.91 Å². The largest absolute Gasteiger partial charge is 0.460 e. The first-order valence-electron chi connectivity index (χ1n) is 13.8. The minimum Gasteiger partial charge on any atom is -0.460 e. The van der Waals surface area contributed by atoms with Crippen LogP contribution in [-0.2, 0) is 35.2 Å². The predicted molar refractivity (Wildman–Crippen MR) is 156 cm³/mol. The van der Waals surface area contributed by atoms with Crippen LogP contribution >= 0.6 is 0 Å². The fourth-order valence-corrected chi connectivity index (χ4v) is 4.85. The van der Waals surface area contributed by atoms with Crippen LogP contribution in [0.2, 0.25) is 0 Å². The molecule has 0 radical (unpaired) electrons. The van der Waals surface area contributed by atoms with Gasteiger partial charge in [0.25, 0.3) is 0 Å². The Morgan fingerprint density at radius 1 is 0.810 bits per heavy atom. The van der Waals surface area contributed by atoms with Gasteiger partial charge in [-0.15, -0.1) is 0 Å². The number of amides is 2. The van der Waals surface area contributed by atoms with Crippen molar-refractivity contribution >= 4 is 23.9 Å². The number of fused-ring (bicyclic) bond motifs is 3. The van der Waals surface area contributed by atoms with E-state index >= 15 is 0 Å². The molecule has 0 fully saturated rings. The number of carbonyl (C=O) groups excluding carboxylic acids is 4.